The number of carbonyl (C=O) groups excluding carboxylic acids is 1. The summed E-state index contributed by atoms with van der Waals surface area (Å²) in [4.78, 5) is 12.1. The number of rotatable bonds is 5. The van der Waals surface area contributed by atoms with Gasteiger partial charge < -0.3 is 5.32 Å². The Bertz CT molecular complexity index is 398. The van der Waals surface area contributed by atoms with E-state index >= 15 is 0 Å². The second-order valence-electron chi connectivity index (χ2n) is 4.50. The van der Waals surface area contributed by atoms with Crippen LogP contribution in [0.25, 0.3) is 0 Å². The van der Waals surface area contributed by atoms with Crippen molar-refractivity contribution in [2.75, 3.05) is 0 Å². The number of halogens is 2. The summed E-state index contributed by atoms with van der Waals surface area (Å²) in [6.45, 7) is 6.34. The molecule has 0 spiro atoms. The summed E-state index contributed by atoms with van der Waals surface area (Å²) >= 11 is 9.28. The highest BCUT2D eigenvalue weighted by Gasteiger charge is 2.17. The van der Waals surface area contributed by atoms with Gasteiger partial charge in [0.2, 0.25) is 0 Å². The van der Waals surface area contributed by atoms with Crippen LogP contribution in [0.15, 0.2) is 22.7 Å². The molecule has 1 aromatic rings. The van der Waals surface area contributed by atoms with E-state index in [-0.39, 0.29) is 11.9 Å². The summed E-state index contributed by atoms with van der Waals surface area (Å²) in [6, 6.07) is 5.40. The van der Waals surface area contributed by atoms with Crippen LogP contribution in [-0.4, -0.2) is 11.9 Å². The second-order valence-corrected chi connectivity index (χ2v) is 5.85. The first-order chi connectivity index (χ1) is 8.47. The van der Waals surface area contributed by atoms with Gasteiger partial charge >= 0.3 is 0 Å². The number of amides is 1. The standard InChI is InChI=1S/C14H19BrClNO/c1-4-10(5-2)9(3)17-14(18)11-6-12(15)8-13(16)7-11/h6-10H,4-5H2,1-3H3,(H,17,18). The highest BCUT2D eigenvalue weighted by molar-refractivity contribution is 9.10. The lowest BCUT2D eigenvalue weighted by atomic mass is 9.95. The van der Waals surface area contributed by atoms with E-state index in [4.69, 9.17) is 11.6 Å². The van der Waals surface area contributed by atoms with Gasteiger partial charge in [-0.3, -0.25) is 4.79 Å². The van der Waals surface area contributed by atoms with Crippen molar-refractivity contribution in [1.29, 1.82) is 0 Å². The molecule has 0 saturated heterocycles. The minimum atomic E-state index is -0.0717. The maximum atomic E-state index is 12.1. The van der Waals surface area contributed by atoms with Gasteiger partial charge in [-0.1, -0.05) is 54.2 Å². The molecule has 0 fully saturated rings. The van der Waals surface area contributed by atoms with Crippen LogP contribution in [0.2, 0.25) is 5.02 Å². The SMILES string of the molecule is CCC(CC)C(C)NC(=O)c1cc(Cl)cc(Br)c1. The van der Waals surface area contributed by atoms with Gasteiger partial charge in [0.1, 0.15) is 0 Å². The van der Waals surface area contributed by atoms with Crippen molar-refractivity contribution in [3.05, 3.63) is 33.3 Å². The number of hydrogen-bond acceptors (Lipinski definition) is 1. The number of nitrogens with one attached hydrogen (secondary N) is 1. The minimum absolute atomic E-state index is 0.0717. The van der Waals surface area contributed by atoms with Crippen molar-refractivity contribution in [3.8, 4) is 0 Å². The molecule has 0 aliphatic carbocycles. The van der Waals surface area contributed by atoms with Crippen molar-refractivity contribution in [3.63, 3.8) is 0 Å². The Labute approximate surface area is 122 Å². The smallest absolute Gasteiger partial charge is 0.251 e. The van der Waals surface area contributed by atoms with E-state index < -0.39 is 0 Å². The van der Waals surface area contributed by atoms with Crippen LogP contribution in [0.5, 0.6) is 0 Å². The van der Waals surface area contributed by atoms with Crippen LogP contribution in [0.1, 0.15) is 44.0 Å². The Morgan fingerprint density at radius 2 is 1.94 bits per heavy atom. The lowest BCUT2D eigenvalue weighted by molar-refractivity contribution is 0.0925. The fraction of sp³-hybridized carbons (Fsp3) is 0.500. The van der Waals surface area contributed by atoms with Gasteiger partial charge in [0.05, 0.1) is 0 Å². The lowest BCUT2D eigenvalue weighted by Crippen LogP contribution is -2.37. The summed E-state index contributed by atoms with van der Waals surface area (Å²) in [6.07, 6.45) is 2.13. The van der Waals surface area contributed by atoms with Crippen LogP contribution < -0.4 is 5.32 Å². The topological polar surface area (TPSA) is 29.1 Å². The quantitative estimate of drug-likeness (QED) is 0.835. The summed E-state index contributed by atoms with van der Waals surface area (Å²) < 4.78 is 0.815. The maximum absolute atomic E-state index is 12.1. The highest BCUT2D eigenvalue weighted by Crippen LogP contribution is 2.20. The molecule has 1 N–H and O–H groups in total. The molecule has 0 heterocycles. The van der Waals surface area contributed by atoms with Gasteiger partial charge in [-0.15, -0.1) is 0 Å². The third kappa shape index (κ3) is 4.29. The first-order valence-electron chi connectivity index (χ1n) is 6.24. The largest absolute Gasteiger partial charge is 0.349 e. The van der Waals surface area contributed by atoms with Crippen molar-refractivity contribution in [2.45, 2.75) is 39.7 Å². The molecule has 2 nitrogen and oxygen atoms in total. The first kappa shape index (κ1) is 15.5. The van der Waals surface area contributed by atoms with E-state index in [2.05, 4.69) is 42.0 Å². The monoisotopic (exact) mass is 331 g/mol. The molecule has 0 aliphatic rings. The zero-order chi connectivity index (χ0) is 13.7. The zero-order valence-electron chi connectivity index (χ0n) is 11.0. The van der Waals surface area contributed by atoms with Crippen molar-refractivity contribution in [1.82, 2.24) is 5.32 Å². The molecule has 0 bridgehead atoms. The fourth-order valence-electron chi connectivity index (χ4n) is 2.09. The van der Waals surface area contributed by atoms with Gasteiger partial charge in [0.15, 0.2) is 0 Å². The van der Waals surface area contributed by atoms with Crippen molar-refractivity contribution in [2.24, 2.45) is 5.92 Å². The van der Waals surface area contributed by atoms with E-state index in [1.165, 1.54) is 0 Å². The van der Waals surface area contributed by atoms with Crippen LogP contribution in [0, 0.1) is 5.92 Å². The summed E-state index contributed by atoms with van der Waals surface area (Å²) in [5.74, 6) is 0.439. The van der Waals surface area contributed by atoms with Gasteiger partial charge in [0.25, 0.3) is 5.91 Å². The third-order valence-electron chi connectivity index (χ3n) is 3.24. The van der Waals surface area contributed by atoms with E-state index in [1.54, 1.807) is 18.2 Å². The molecule has 100 valence electrons. The predicted octanol–water partition coefficient (Wildman–Crippen LogP) is 4.66. The maximum Gasteiger partial charge on any atom is 0.251 e. The molecule has 0 saturated carbocycles. The molecule has 4 heteroatoms. The van der Waals surface area contributed by atoms with Gasteiger partial charge in [-0.25, -0.2) is 0 Å². The van der Waals surface area contributed by atoms with Crippen LogP contribution in [0.3, 0.4) is 0 Å². The molecular weight excluding hydrogens is 314 g/mol. The van der Waals surface area contributed by atoms with Gasteiger partial charge in [0, 0.05) is 21.1 Å². The van der Waals surface area contributed by atoms with E-state index in [0.29, 0.717) is 16.5 Å². The Morgan fingerprint density at radius 1 is 1.33 bits per heavy atom. The third-order valence-corrected chi connectivity index (χ3v) is 3.92. The first-order valence-corrected chi connectivity index (χ1v) is 7.42. The average molecular weight is 333 g/mol. The molecular formula is C14H19BrClNO. The van der Waals surface area contributed by atoms with Crippen molar-refractivity contribution < 1.29 is 4.79 Å². The van der Waals surface area contributed by atoms with E-state index in [1.807, 2.05) is 0 Å². The molecule has 0 aliphatic heterocycles. The molecule has 1 rings (SSSR count). The van der Waals surface area contributed by atoms with E-state index in [0.717, 1.165) is 17.3 Å². The molecule has 1 unspecified atom stereocenters. The summed E-state index contributed by atoms with van der Waals surface area (Å²) in [5.41, 5.74) is 0.590. The van der Waals surface area contributed by atoms with Gasteiger partial charge in [-0.2, -0.15) is 0 Å². The predicted molar refractivity (Wildman–Crippen MR) is 80.2 cm³/mol. The highest BCUT2D eigenvalue weighted by atomic mass is 79.9. The second kappa shape index (κ2) is 7.15. The molecule has 1 aromatic carbocycles. The Morgan fingerprint density at radius 3 is 2.44 bits per heavy atom. The zero-order valence-corrected chi connectivity index (χ0v) is 13.3. The number of hydrogen-bond donors (Lipinski definition) is 1. The van der Waals surface area contributed by atoms with E-state index in [9.17, 15) is 4.79 Å². The molecule has 1 amide bonds. The van der Waals surface area contributed by atoms with Crippen LogP contribution in [-0.2, 0) is 0 Å². The van der Waals surface area contributed by atoms with Crippen molar-refractivity contribution >= 4 is 33.4 Å². The number of benzene rings is 1. The molecule has 1 atom stereocenters. The Balaban J connectivity index is 2.76. The van der Waals surface area contributed by atoms with Gasteiger partial charge in [-0.05, 0) is 31.0 Å². The fourth-order valence-corrected chi connectivity index (χ4v) is 2.95. The van der Waals surface area contributed by atoms with Crippen LogP contribution in [0.4, 0.5) is 0 Å². The summed E-state index contributed by atoms with van der Waals surface area (Å²) in [5, 5.41) is 3.59. The molecule has 0 radical (unpaired) electrons. The number of carbonyl (C=O) groups is 1. The summed E-state index contributed by atoms with van der Waals surface area (Å²) in [7, 11) is 0. The average Bonchev–Trinajstić information content (AvgIpc) is 2.29. The minimum Gasteiger partial charge on any atom is -0.349 e. The molecule has 18 heavy (non-hydrogen) atoms. The Hall–Kier alpha value is -0.540. The Kier molecular flexibility index (Phi) is 6.16. The normalized spacial score (nSPS) is 12.6. The molecule has 0 aromatic heterocycles. The lowest BCUT2D eigenvalue weighted by Gasteiger charge is -2.22. The van der Waals surface area contributed by atoms with Crippen LogP contribution >= 0.6 is 27.5 Å².